The van der Waals surface area contributed by atoms with Gasteiger partial charge in [0.05, 0.1) is 12.8 Å². The van der Waals surface area contributed by atoms with Crippen LogP contribution in [0.1, 0.15) is 10.6 Å². The average Bonchev–Trinajstić information content (AvgIpc) is 3.24. The molecule has 2 aromatic rings. The van der Waals surface area contributed by atoms with Gasteiger partial charge in [0.15, 0.2) is 11.7 Å². The van der Waals surface area contributed by atoms with Crippen LogP contribution in [0.4, 0.5) is 0 Å². The maximum Gasteiger partial charge on any atom is 0.289 e. The molecule has 0 saturated carbocycles. The summed E-state index contributed by atoms with van der Waals surface area (Å²) < 4.78 is 10.9. The van der Waals surface area contributed by atoms with Gasteiger partial charge in [-0.05, 0) is 36.4 Å². The van der Waals surface area contributed by atoms with Gasteiger partial charge in [0.1, 0.15) is 12.4 Å². The van der Waals surface area contributed by atoms with Crippen molar-refractivity contribution in [2.24, 2.45) is 4.99 Å². The highest BCUT2D eigenvalue weighted by Gasteiger charge is 2.24. The zero-order chi connectivity index (χ0) is 19.1. The van der Waals surface area contributed by atoms with Crippen LogP contribution in [0.2, 0.25) is 5.02 Å². The monoisotopic (exact) mass is 518 g/mol. The van der Waals surface area contributed by atoms with E-state index < -0.39 is 0 Å². The second-order valence-electron chi connectivity index (χ2n) is 6.03. The zero-order valence-corrected chi connectivity index (χ0v) is 18.7. The number of carbonyl (C=O) groups excluding carboxylic acids is 1. The summed E-state index contributed by atoms with van der Waals surface area (Å²) in [5.74, 6) is 1.89. The normalized spacial score (nSPS) is 14.4. The summed E-state index contributed by atoms with van der Waals surface area (Å²) in [6, 6.07) is 10.7. The highest BCUT2D eigenvalue weighted by Crippen LogP contribution is 2.15. The van der Waals surface area contributed by atoms with Crippen molar-refractivity contribution in [2.75, 3.05) is 46.4 Å². The molecule has 0 radical (unpaired) electrons. The van der Waals surface area contributed by atoms with E-state index >= 15 is 0 Å². The van der Waals surface area contributed by atoms with Crippen LogP contribution in [0.15, 0.2) is 52.1 Å². The van der Waals surface area contributed by atoms with E-state index in [2.05, 4.69) is 15.2 Å². The van der Waals surface area contributed by atoms with Crippen molar-refractivity contribution in [3.8, 4) is 5.75 Å². The Morgan fingerprint density at radius 3 is 2.46 bits per heavy atom. The molecule has 2 heterocycles. The largest absolute Gasteiger partial charge is 0.492 e. The number of nitrogens with one attached hydrogen (secondary N) is 1. The number of benzene rings is 1. The fraction of sp³-hybridized carbons (Fsp3) is 0.368. The molecule has 1 fully saturated rings. The van der Waals surface area contributed by atoms with Gasteiger partial charge in [0, 0.05) is 38.2 Å². The van der Waals surface area contributed by atoms with E-state index in [9.17, 15) is 4.79 Å². The number of carbonyl (C=O) groups is 1. The predicted octanol–water partition coefficient (Wildman–Crippen LogP) is 2.96. The minimum Gasteiger partial charge on any atom is -0.492 e. The van der Waals surface area contributed by atoms with Crippen molar-refractivity contribution in [1.29, 1.82) is 0 Å². The molecule has 1 aliphatic rings. The van der Waals surface area contributed by atoms with Crippen LogP contribution in [0, 0.1) is 0 Å². The second kappa shape index (κ2) is 11.2. The maximum atomic E-state index is 12.3. The van der Waals surface area contributed by atoms with Crippen molar-refractivity contribution in [1.82, 2.24) is 15.1 Å². The number of ether oxygens (including phenoxy) is 1. The summed E-state index contributed by atoms with van der Waals surface area (Å²) in [5.41, 5.74) is 0. The molecule has 7 nitrogen and oxygen atoms in total. The molecule has 0 unspecified atom stereocenters. The number of aliphatic imine (C=N–C) groups is 1. The Bertz CT molecular complexity index is 760. The molecular formula is C19H24ClIN4O3. The van der Waals surface area contributed by atoms with Crippen LogP contribution >= 0.6 is 35.6 Å². The van der Waals surface area contributed by atoms with Crippen molar-refractivity contribution in [3.05, 3.63) is 53.4 Å². The van der Waals surface area contributed by atoms with E-state index in [4.69, 9.17) is 20.8 Å². The Morgan fingerprint density at radius 2 is 1.86 bits per heavy atom. The maximum absolute atomic E-state index is 12.3. The first-order valence-corrected chi connectivity index (χ1v) is 9.22. The Kier molecular flexibility index (Phi) is 8.91. The summed E-state index contributed by atoms with van der Waals surface area (Å²) in [7, 11) is 1.75. The molecule has 1 aliphatic heterocycles. The Hall–Kier alpha value is -1.94. The van der Waals surface area contributed by atoms with Gasteiger partial charge in [-0.25, -0.2) is 0 Å². The summed E-state index contributed by atoms with van der Waals surface area (Å²) in [4.78, 5) is 20.6. The summed E-state index contributed by atoms with van der Waals surface area (Å²) >= 11 is 5.86. The van der Waals surface area contributed by atoms with E-state index in [1.54, 1.807) is 36.2 Å². The Morgan fingerprint density at radius 1 is 1.18 bits per heavy atom. The quantitative estimate of drug-likeness (QED) is 0.285. The number of guanidine groups is 1. The number of hydrogen-bond acceptors (Lipinski definition) is 4. The number of furan rings is 1. The molecule has 1 amide bonds. The molecule has 0 atom stereocenters. The van der Waals surface area contributed by atoms with Crippen molar-refractivity contribution in [3.63, 3.8) is 0 Å². The fourth-order valence-corrected chi connectivity index (χ4v) is 3.00. The lowest BCUT2D eigenvalue weighted by Crippen LogP contribution is -2.54. The van der Waals surface area contributed by atoms with Crippen molar-refractivity contribution in [2.45, 2.75) is 0 Å². The van der Waals surface area contributed by atoms with Crippen molar-refractivity contribution < 1.29 is 13.9 Å². The predicted molar refractivity (Wildman–Crippen MR) is 120 cm³/mol. The second-order valence-corrected chi connectivity index (χ2v) is 6.47. The van der Waals surface area contributed by atoms with E-state index in [1.807, 2.05) is 12.1 Å². The van der Waals surface area contributed by atoms with Gasteiger partial charge in [0.2, 0.25) is 0 Å². The van der Waals surface area contributed by atoms with Gasteiger partial charge < -0.3 is 24.3 Å². The molecule has 0 spiro atoms. The van der Waals surface area contributed by atoms with Gasteiger partial charge in [-0.3, -0.25) is 9.79 Å². The van der Waals surface area contributed by atoms with E-state index in [0.717, 1.165) is 11.7 Å². The first kappa shape index (κ1) is 22.4. The number of nitrogens with zero attached hydrogens (tertiary/aromatic N) is 3. The first-order chi connectivity index (χ1) is 13.2. The summed E-state index contributed by atoms with van der Waals surface area (Å²) in [6.07, 6.45) is 1.52. The minimum atomic E-state index is -0.0704. The average molecular weight is 519 g/mol. The molecule has 9 heteroatoms. The molecule has 28 heavy (non-hydrogen) atoms. The lowest BCUT2D eigenvalue weighted by Gasteiger charge is -2.36. The molecular weight excluding hydrogens is 495 g/mol. The fourth-order valence-electron chi connectivity index (χ4n) is 2.87. The standard InChI is InChI=1S/C19H23ClN4O3.HI/c1-21-19(22-8-14-26-16-6-4-15(20)5-7-16)24-11-9-23(10-12-24)18(25)17-3-2-13-27-17;/h2-7,13H,8-12,14H2,1H3,(H,21,22);1H. The topological polar surface area (TPSA) is 70.3 Å². The minimum absolute atomic E-state index is 0. The van der Waals surface area contributed by atoms with Crippen LogP contribution in [-0.4, -0.2) is 68.0 Å². The molecule has 0 aliphatic carbocycles. The van der Waals surface area contributed by atoms with E-state index in [-0.39, 0.29) is 29.9 Å². The third-order valence-corrected chi connectivity index (χ3v) is 4.53. The SMILES string of the molecule is CN=C(NCCOc1ccc(Cl)cc1)N1CCN(C(=O)c2ccco2)CC1.I. The number of piperazine rings is 1. The van der Waals surface area contributed by atoms with Crippen LogP contribution < -0.4 is 10.1 Å². The highest BCUT2D eigenvalue weighted by molar-refractivity contribution is 14.0. The molecule has 1 saturated heterocycles. The smallest absolute Gasteiger partial charge is 0.289 e. The molecule has 0 bridgehead atoms. The first-order valence-electron chi connectivity index (χ1n) is 8.84. The van der Waals surface area contributed by atoms with Crippen LogP contribution in [0.3, 0.4) is 0 Å². The van der Waals surface area contributed by atoms with Gasteiger partial charge in [-0.1, -0.05) is 11.6 Å². The lowest BCUT2D eigenvalue weighted by molar-refractivity contribution is 0.0657. The number of hydrogen-bond donors (Lipinski definition) is 1. The van der Waals surface area contributed by atoms with Crippen LogP contribution in [-0.2, 0) is 0 Å². The van der Waals surface area contributed by atoms with Crippen molar-refractivity contribution >= 4 is 47.4 Å². The van der Waals surface area contributed by atoms with E-state index in [1.165, 1.54) is 6.26 Å². The van der Waals surface area contributed by atoms with Gasteiger partial charge in [-0.15, -0.1) is 24.0 Å². The molecule has 1 aromatic carbocycles. The molecule has 152 valence electrons. The summed E-state index contributed by atoms with van der Waals surface area (Å²) in [5, 5.41) is 3.98. The third-order valence-electron chi connectivity index (χ3n) is 4.28. The number of amides is 1. The summed E-state index contributed by atoms with van der Waals surface area (Å²) in [6.45, 7) is 3.82. The molecule has 1 N–H and O–H groups in total. The Labute approximate surface area is 186 Å². The molecule has 1 aromatic heterocycles. The lowest BCUT2D eigenvalue weighted by atomic mass is 10.3. The van der Waals surface area contributed by atoms with Crippen LogP contribution in [0.25, 0.3) is 0 Å². The third kappa shape index (κ3) is 6.03. The zero-order valence-electron chi connectivity index (χ0n) is 15.6. The van der Waals surface area contributed by atoms with E-state index in [0.29, 0.717) is 50.1 Å². The Balaban J connectivity index is 0.00000280. The van der Waals surface area contributed by atoms with Crippen LogP contribution in [0.5, 0.6) is 5.75 Å². The number of halogens is 2. The van der Waals surface area contributed by atoms with Gasteiger partial charge >= 0.3 is 0 Å². The van der Waals surface area contributed by atoms with Gasteiger partial charge in [0.25, 0.3) is 5.91 Å². The molecule has 3 rings (SSSR count). The number of rotatable bonds is 5. The van der Waals surface area contributed by atoms with Gasteiger partial charge in [-0.2, -0.15) is 0 Å². The highest BCUT2D eigenvalue weighted by atomic mass is 127.